The van der Waals surface area contributed by atoms with Crippen LogP contribution in [0, 0.1) is 0 Å². The van der Waals surface area contributed by atoms with E-state index in [1.54, 1.807) is 24.1 Å². The molecule has 7 heteroatoms. The molecule has 17 heavy (non-hydrogen) atoms. The van der Waals surface area contributed by atoms with Crippen molar-refractivity contribution in [3.8, 4) is 23.1 Å². The molecule has 0 saturated carbocycles. The summed E-state index contributed by atoms with van der Waals surface area (Å²) >= 11 is 0. The maximum Gasteiger partial charge on any atom is 0.280 e. The van der Waals surface area contributed by atoms with Crippen LogP contribution in [0.2, 0.25) is 0 Å². The minimum atomic E-state index is 0.332. The van der Waals surface area contributed by atoms with Crippen LogP contribution >= 0.6 is 0 Å². The predicted octanol–water partition coefficient (Wildman–Crippen LogP) is 0.927. The standard InChI is InChI=1S/C10H8N6O/c1-16-6-8(13-15-16)10-12-9(14-17-10)7-4-2-3-5-11-7/h2-6H,1H3. The van der Waals surface area contributed by atoms with E-state index in [4.69, 9.17) is 4.52 Å². The molecule has 0 bridgehead atoms. The molecule has 0 N–H and O–H groups in total. The van der Waals surface area contributed by atoms with E-state index < -0.39 is 0 Å². The van der Waals surface area contributed by atoms with Gasteiger partial charge in [-0.05, 0) is 12.1 Å². The van der Waals surface area contributed by atoms with Gasteiger partial charge in [-0.25, -0.2) is 0 Å². The summed E-state index contributed by atoms with van der Waals surface area (Å²) in [6.45, 7) is 0. The Morgan fingerprint density at radius 1 is 1.24 bits per heavy atom. The Bertz CT molecular complexity index is 629. The van der Waals surface area contributed by atoms with E-state index in [1.807, 2.05) is 18.2 Å². The molecule has 3 heterocycles. The lowest BCUT2D eigenvalue weighted by atomic mass is 10.3. The van der Waals surface area contributed by atoms with Crippen LogP contribution in [0.25, 0.3) is 23.1 Å². The molecule has 0 aromatic carbocycles. The predicted molar refractivity (Wildman–Crippen MR) is 57.5 cm³/mol. The number of pyridine rings is 1. The first-order chi connectivity index (χ1) is 8.33. The van der Waals surface area contributed by atoms with Gasteiger partial charge in [-0.1, -0.05) is 16.4 Å². The molecule has 3 aromatic rings. The van der Waals surface area contributed by atoms with Gasteiger partial charge in [-0.3, -0.25) is 9.67 Å². The summed E-state index contributed by atoms with van der Waals surface area (Å²) in [5.41, 5.74) is 1.20. The summed E-state index contributed by atoms with van der Waals surface area (Å²) < 4.78 is 6.67. The third-order valence-electron chi connectivity index (χ3n) is 2.14. The highest BCUT2D eigenvalue weighted by atomic mass is 16.5. The molecule has 0 saturated heterocycles. The number of hydrogen-bond donors (Lipinski definition) is 0. The van der Waals surface area contributed by atoms with E-state index in [0.717, 1.165) is 0 Å². The van der Waals surface area contributed by atoms with Gasteiger partial charge in [0.25, 0.3) is 5.89 Å². The maximum absolute atomic E-state index is 5.10. The molecule has 0 aliphatic carbocycles. The van der Waals surface area contributed by atoms with Crippen molar-refractivity contribution in [1.82, 2.24) is 30.1 Å². The third-order valence-corrected chi connectivity index (χ3v) is 2.14. The highest BCUT2D eigenvalue weighted by Gasteiger charge is 2.13. The fraction of sp³-hybridized carbons (Fsp3) is 0.100. The molecule has 0 spiro atoms. The second-order valence-electron chi connectivity index (χ2n) is 3.42. The molecule has 0 amide bonds. The van der Waals surface area contributed by atoms with Gasteiger partial charge in [-0.2, -0.15) is 4.98 Å². The molecule has 7 nitrogen and oxygen atoms in total. The molecule has 0 aliphatic rings. The molecule has 0 atom stereocenters. The maximum atomic E-state index is 5.10. The van der Waals surface area contributed by atoms with Crippen LogP contribution in [0.1, 0.15) is 0 Å². The zero-order valence-electron chi connectivity index (χ0n) is 8.98. The molecule has 0 radical (unpaired) electrons. The normalized spacial score (nSPS) is 10.6. The summed E-state index contributed by atoms with van der Waals surface area (Å²) in [6, 6.07) is 5.50. The van der Waals surface area contributed by atoms with E-state index in [-0.39, 0.29) is 0 Å². The van der Waals surface area contributed by atoms with Crippen molar-refractivity contribution >= 4 is 0 Å². The Labute approximate surface area is 96.1 Å². The van der Waals surface area contributed by atoms with Gasteiger partial charge in [-0.15, -0.1) is 5.10 Å². The SMILES string of the molecule is Cn1cc(-c2nc(-c3ccccn3)no2)nn1. The van der Waals surface area contributed by atoms with E-state index in [9.17, 15) is 0 Å². The first-order valence-corrected chi connectivity index (χ1v) is 4.95. The summed E-state index contributed by atoms with van der Waals surface area (Å²) in [6.07, 6.45) is 3.38. The minimum Gasteiger partial charge on any atom is -0.332 e. The van der Waals surface area contributed by atoms with Gasteiger partial charge >= 0.3 is 0 Å². The monoisotopic (exact) mass is 228 g/mol. The number of nitrogens with zero attached hydrogens (tertiary/aromatic N) is 6. The van der Waals surface area contributed by atoms with Crippen LogP contribution in [-0.2, 0) is 7.05 Å². The highest BCUT2D eigenvalue weighted by molar-refractivity contribution is 5.52. The summed E-state index contributed by atoms with van der Waals surface area (Å²) in [4.78, 5) is 8.34. The Balaban J connectivity index is 1.99. The number of hydrogen-bond acceptors (Lipinski definition) is 6. The van der Waals surface area contributed by atoms with Crippen molar-refractivity contribution in [3.05, 3.63) is 30.6 Å². The van der Waals surface area contributed by atoms with Gasteiger partial charge in [0.15, 0.2) is 5.69 Å². The van der Waals surface area contributed by atoms with Crippen molar-refractivity contribution in [2.24, 2.45) is 7.05 Å². The number of aryl methyl sites for hydroxylation is 1. The van der Waals surface area contributed by atoms with Crippen LogP contribution in [0.5, 0.6) is 0 Å². The second-order valence-corrected chi connectivity index (χ2v) is 3.42. The van der Waals surface area contributed by atoms with Crippen LogP contribution in [0.3, 0.4) is 0 Å². The molecular weight excluding hydrogens is 220 g/mol. The Morgan fingerprint density at radius 3 is 2.88 bits per heavy atom. The topological polar surface area (TPSA) is 82.5 Å². The first kappa shape index (κ1) is 9.64. The Kier molecular flexibility index (Phi) is 2.14. The van der Waals surface area contributed by atoms with Gasteiger partial charge in [0.05, 0.1) is 6.20 Å². The van der Waals surface area contributed by atoms with Crippen molar-refractivity contribution in [3.63, 3.8) is 0 Å². The van der Waals surface area contributed by atoms with Crippen molar-refractivity contribution in [2.45, 2.75) is 0 Å². The molecule has 0 aliphatic heterocycles. The van der Waals surface area contributed by atoms with Crippen LogP contribution in [0.15, 0.2) is 35.1 Å². The van der Waals surface area contributed by atoms with Gasteiger partial charge in [0, 0.05) is 13.2 Å². The molecule has 84 valence electrons. The van der Waals surface area contributed by atoms with Crippen LogP contribution < -0.4 is 0 Å². The number of aromatic nitrogens is 6. The van der Waals surface area contributed by atoms with Gasteiger partial charge in [0.2, 0.25) is 5.82 Å². The van der Waals surface area contributed by atoms with Crippen LogP contribution in [-0.4, -0.2) is 30.1 Å². The molecule has 3 aromatic heterocycles. The second kappa shape index (κ2) is 3.78. The van der Waals surface area contributed by atoms with Gasteiger partial charge < -0.3 is 4.52 Å². The van der Waals surface area contributed by atoms with E-state index in [0.29, 0.717) is 23.1 Å². The van der Waals surface area contributed by atoms with Crippen molar-refractivity contribution < 1.29 is 4.52 Å². The van der Waals surface area contributed by atoms with E-state index >= 15 is 0 Å². The fourth-order valence-electron chi connectivity index (χ4n) is 1.37. The average Bonchev–Trinajstić information content (AvgIpc) is 2.98. The molecule has 3 rings (SSSR count). The van der Waals surface area contributed by atoms with E-state index in [2.05, 4.69) is 25.4 Å². The van der Waals surface area contributed by atoms with E-state index in [1.165, 1.54) is 0 Å². The highest BCUT2D eigenvalue weighted by Crippen LogP contribution is 2.18. The van der Waals surface area contributed by atoms with Crippen molar-refractivity contribution in [1.29, 1.82) is 0 Å². The third kappa shape index (κ3) is 1.78. The fourth-order valence-corrected chi connectivity index (χ4v) is 1.37. The van der Waals surface area contributed by atoms with Gasteiger partial charge in [0.1, 0.15) is 5.69 Å². The lowest BCUT2D eigenvalue weighted by Crippen LogP contribution is -1.85. The minimum absolute atomic E-state index is 0.332. The lowest BCUT2D eigenvalue weighted by Gasteiger charge is -1.89. The number of rotatable bonds is 2. The molecule has 0 fully saturated rings. The largest absolute Gasteiger partial charge is 0.332 e. The zero-order valence-corrected chi connectivity index (χ0v) is 8.98. The summed E-state index contributed by atoms with van der Waals surface area (Å²) in [5, 5.41) is 11.5. The smallest absolute Gasteiger partial charge is 0.280 e. The molecular formula is C10H8N6O. The first-order valence-electron chi connectivity index (χ1n) is 4.95. The Morgan fingerprint density at radius 2 is 2.18 bits per heavy atom. The summed E-state index contributed by atoms with van der Waals surface area (Å²) in [7, 11) is 1.77. The van der Waals surface area contributed by atoms with Crippen LogP contribution in [0.4, 0.5) is 0 Å². The quantitative estimate of drug-likeness (QED) is 0.648. The lowest BCUT2D eigenvalue weighted by molar-refractivity contribution is 0.430. The Hall–Kier alpha value is -2.57. The van der Waals surface area contributed by atoms with Crippen molar-refractivity contribution in [2.75, 3.05) is 0 Å². The molecule has 0 unspecified atom stereocenters. The zero-order chi connectivity index (χ0) is 11.7. The summed E-state index contributed by atoms with van der Waals surface area (Å²) in [5.74, 6) is 0.769. The average molecular weight is 228 g/mol.